The molecule has 0 aliphatic rings. The van der Waals surface area contributed by atoms with Gasteiger partial charge in [0.1, 0.15) is 5.76 Å². The number of hydrogen-bond acceptors (Lipinski definition) is 3. The third-order valence-corrected chi connectivity index (χ3v) is 2.69. The first kappa shape index (κ1) is 11.9. The number of aromatic nitrogens is 1. The van der Waals surface area contributed by atoms with Crippen LogP contribution < -0.4 is 5.73 Å². The summed E-state index contributed by atoms with van der Waals surface area (Å²) in [6, 6.07) is 10.3. The fourth-order valence-corrected chi connectivity index (χ4v) is 1.76. The molecule has 0 amide bonds. The molecule has 0 spiro atoms. The van der Waals surface area contributed by atoms with E-state index < -0.39 is 0 Å². The quantitative estimate of drug-likeness (QED) is 0.859. The van der Waals surface area contributed by atoms with Crippen LogP contribution in [-0.4, -0.2) is 4.98 Å². The molecule has 1 unspecified atom stereocenters. The molecule has 0 aliphatic carbocycles. The van der Waals surface area contributed by atoms with Crippen molar-refractivity contribution >= 4 is 0 Å². The summed E-state index contributed by atoms with van der Waals surface area (Å²) in [7, 11) is 0. The van der Waals surface area contributed by atoms with E-state index in [1.54, 1.807) is 6.20 Å². The smallest absolute Gasteiger partial charge is 0.210 e. The molecule has 2 aromatic rings. The fraction of sp³-hybridized carbons (Fsp3) is 0.357. The predicted molar refractivity (Wildman–Crippen MR) is 67.6 cm³/mol. The topological polar surface area (TPSA) is 52.0 Å². The molecule has 0 saturated heterocycles. The molecule has 0 aliphatic heterocycles. The van der Waals surface area contributed by atoms with E-state index in [2.05, 4.69) is 29.2 Å². The highest BCUT2D eigenvalue weighted by atomic mass is 16.4. The van der Waals surface area contributed by atoms with Crippen LogP contribution >= 0.6 is 0 Å². The van der Waals surface area contributed by atoms with Gasteiger partial charge in [-0.15, -0.1) is 0 Å². The summed E-state index contributed by atoms with van der Waals surface area (Å²) in [5.74, 6) is 1.55. The predicted octanol–water partition coefficient (Wildman–Crippen LogP) is 2.87. The summed E-state index contributed by atoms with van der Waals surface area (Å²) < 4.78 is 5.55. The van der Waals surface area contributed by atoms with Crippen LogP contribution in [-0.2, 0) is 12.8 Å². The molecule has 3 nitrogen and oxygen atoms in total. The van der Waals surface area contributed by atoms with E-state index in [1.165, 1.54) is 5.56 Å². The standard InChI is InChI=1S/C14H18N2O/c1-11(15)14-16-10-13(17-14)9-5-8-12-6-3-2-4-7-12/h2-4,6-7,10-11H,5,8-9,15H2,1H3. The van der Waals surface area contributed by atoms with Crippen molar-refractivity contribution in [3.05, 3.63) is 53.7 Å². The molecule has 1 heterocycles. The molecule has 17 heavy (non-hydrogen) atoms. The second-order valence-corrected chi connectivity index (χ2v) is 4.29. The first-order valence-corrected chi connectivity index (χ1v) is 6.00. The van der Waals surface area contributed by atoms with Crippen molar-refractivity contribution in [2.75, 3.05) is 0 Å². The highest BCUT2D eigenvalue weighted by molar-refractivity contribution is 5.14. The van der Waals surface area contributed by atoms with Crippen molar-refractivity contribution in [2.24, 2.45) is 5.73 Å². The Morgan fingerprint density at radius 3 is 2.65 bits per heavy atom. The molecular formula is C14H18N2O. The van der Waals surface area contributed by atoms with Crippen molar-refractivity contribution in [3.8, 4) is 0 Å². The molecule has 1 aromatic carbocycles. The van der Waals surface area contributed by atoms with Crippen LogP contribution in [0.2, 0.25) is 0 Å². The van der Waals surface area contributed by atoms with Gasteiger partial charge in [0.05, 0.1) is 12.2 Å². The molecule has 1 aromatic heterocycles. The summed E-state index contributed by atoms with van der Waals surface area (Å²) in [6.07, 6.45) is 4.82. The first-order valence-electron chi connectivity index (χ1n) is 6.00. The Balaban J connectivity index is 1.82. The molecule has 90 valence electrons. The molecule has 0 radical (unpaired) electrons. The molecular weight excluding hydrogens is 212 g/mol. The molecule has 0 saturated carbocycles. The first-order chi connectivity index (χ1) is 8.25. The minimum atomic E-state index is -0.127. The van der Waals surface area contributed by atoms with Gasteiger partial charge < -0.3 is 10.2 Å². The fourth-order valence-electron chi connectivity index (χ4n) is 1.76. The van der Waals surface area contributed by atoms with Crippen LogP contribution in [0.5, 0.6) is 0 Å². The summed E-state index contributed by atoms with van der Waals surface area (Å²) in [5.41, 5.74) is 7.05. The Labute approximate surface area is 102 Å². The van der Waals surface area contributed by atoms with E-state index in [4.69, 9.17) is 10.2 Å². The minimum absolute atomic E-state index is 0.127. The average molecular weight is 230 g/mol. The zero-order valence-electron chi connectivity index (χ0n) is 10.1. The summed E-state index contributed by atoms with van der Waals surface area (Å²) in [5, 5.41) is 0. The van der Waals surface area contributed by atoms with Crippen molar-refractivity contribution in [3.63, 3.8) is 0 Å². The van der Waals surface area contributed by atoms with Crippen LogP contribution in [0.1, 0.15) is 36.6 Å². The molecule has 2 rings (SSSR count). The number of nitrogens with zero attached hydrogens (tertiary/aromatic N) is 1. The van der Waals surface area contributed by atoms with Gasteiger partial charge in [-0.2, -0.15) is 0 Å². The van der Waals surface area contributed by atoms with Gasteiger partial charge in [-0.1, -0.05) is 30.3 Å². The maximum atomic E-state index is 5.69. The van der Waals surface area contributed by atoms with Crippen molar-refractivity contribution in [1.82, 2.24) is 4.98 Å². The van der Waals surface area contributed by atoms with Gasteiger partial charge in [0, 0.05) is 6.42 Å². The summed E-state index contributed by atoms with van der Waals surface area (Å²) in [4.78, 5) is 4.15. The largest absolute Gasteiger partial charge is 0.444 e. The van der Waals surface area contributed by atoms with Crippen LogP contribution in [0.3, 0.4) is 0 Å². The second kappa shape index (κ2) is 5.64. The molecule has 3 heteroatoms. The van der Waals surface area contributed by atoms with Crippen LogP contribution in [0.4, 0.5) is 0 Å². The van der Waals surface area contributed by atoms with E-state index in [1.807, 2.05) is 13.0 Å². The van der Waals surface area contributed by atoms with Gasteiger partial charge in [0.25, 0.3) is 0 Å². The van der Waals surface area contributed by atoms with Crippen molar-refractivity contribution in [2.45, 2.75) is 32.2 Å². The van der Waals surface area contributed by atoms with Gasteiger partial charge in [-0.05, 0) is 25.3 Å². The molecule has 0 bridgehead atoms. The van der Waals surface area contributed by atoms with Gasteiger partial charge in [0.15, 0.2) is 0 Å². The maximum Gasteiger partial charge on any atom is 0.210 e. The van der Waals surface area contributed by atoms with Crippen LogP contribution in [0.15, 0.2) is 40.9 Å². The third kappa shape index (κ3) is 3.43. The highest BCUT2D eigenvalue weighted by Gasteiger charge is 2.07. The molecule has 0 fully saturated rings. The number of rotatable bonds is 5. The Kier molecular flexibility index (Phi) is 3.94. The van der Waals surface area contributed by atoms with Crippen LogP contribution in [0, 0.1) is 0 Å². The Morgan fingerprint density at radius 2 is 2.00 bits per heavy atom. The van der Waals surface area contributed by atoms with E-state index in [9.17, 15) is 0 Å². The monoisotopic (exact) mass is 230 g/mol. The lowest BCUT2D eigenvalue weighted by molar-refractivity contribution is 0.427. The van der Waals surface area contributed by atoms with E-state index in [-0.39, 0.29) is 6.04 Å². The van der Waals surface area contributed by atoms with Gasteiger partial charge in [0.2, 0.25) is 5.89 Å². The Hall–Kier alpha value is -1.61. The summed E-state index contributed by atoms with van der Waals surface area (Å²) >= 11 is 0. The average Bonchev–Trinajstić information content (AvgIpc) is 2.79. The number of benzene rings is 1. The van der Waals surface area contributed by atoms with Crippen molar-refractivity contribution < 1.29 is 4.42 Å². The Morgan fingerprint density at radius 1 is 1.24 bits per heavy atom. The third-order valence-electron chi connectivity index (χ3n) is 2.69. The maximum absolute atomic E-state index is 5.69. The van der Waals surface area contributed by atoms with E-state index >= 15 is 0 Å². The normalized spacial score (nSPS) is 12.6. The highest BCUT2D eigenvalue weighted by Crippen LogP contribution is 2.13. The SMILES string of the molecule is CC(N)c1ncc(CCCc2ccccc2)o1. The van der Waals surface area contributed by atoms with E-state index in [0.29, 0.717) is 5.89 Å². The second-order valence-electron chi connectivity index (χ2n) is 4.29. The Bertz CT molecular complexity index is 448. The van der Waals surface area contributed by atoms with Gasteiger partial charge in [-0.25, -0.2) is 4.98 Å². The zero-order chi connectivity index (χ0) is 12.1. The number of hydrogen-bond donors (Lipinski definition) is 1. The lowest BCUT2D eigenvalue weighted by Crippen LogP contribution is -2.04. The molecule has 1 atom stereocenters. The van der Waals surface area contributed by atoms with Gasteiger partial charge >= 0.3 is 0 Å². The lowest BCUT2D eigenvalue weighted by atomic mass is 10.1. The van der Waals surface area contributed by atoms with E-state index in [0.717, 1.165) is 25.0 Å². The lowest BCUT2D eigenvalue weighted by Gasteiger charge is -2.00. The van der Waals surface area contributed by atoms with Gasteiger partial charge in [-0.3, -0.25) is 0 Å². The minimum Gasteiger partial charge on any atom is -0.444 e. The number of aryl methyl sites for hydroxylation is 2. The zero-order valence-corrected chi connectivity index (χ0v) is 10.1. The molecule has 2 N–H and O–H groups in total. The number of oxazole rings is 1. The van der Waals surface area contributed by atoms with Crippen LogP contribution in [0.25, 0.3) is 0 Å². The summed E-state index contributed by atoms with van der Waals surface area (Å²) in [6.45, 7) is 1.87. The van der Waals surface area contributed by atoms with Crippen molar-refractivity contribution in [1.29, 1.82) is 0 Å². The number of nitrogens with two attached hydrogens (primary N) is 1.